The molecule has 3 rings (SSSR count). The van der Waals surface area contributed by atoms with Gasteiger partial charge in [0, 0.05) is 177 Å². The predicted molar refractivity (Wildman–Crippen MR) is 180 cm³/mol. The van der Waals surface area contributed by atoms with Gasteiger partial charge in [-0.1, -0.05) is 0 Å². The molecule has 3 saturated heterocycles. The molecule has 19 heteroatoms. The SMILES string of the molecule is O=C([O-])CN1CCNCCNCCNCC1.O=C([O-])CN1CCNCCNCCNCC1.O=C([O-])CN1CCNCCNCCNCC1.[Gd+3]. The number of nitrogens with one attached hydrogen (secondary N) is 9. The molecule has 3 aliphatic rings. The van der Waals surface area contributed by atoms with E-state index < -0.39 is 17.9 Å². The van der Waals surface area contributed by atoms with Gasteiger partial charge >= 0.3 is 39.9 Å². The van der Waals surface area contributed by atoms with E-state index in [2.05, 4.69) is 47.9 Å². The van der Waals surface area contributed by atoms with E-state index in [9.17, 15) is 29.7 Å². The summed E-state index contributed by atoms with van der Waals surface area (Å²) in [7, 11) is 0. The van der Waals surface area contributed by atoms with Crippen LogP contribution in [0.5, 0.6) is 0 Å². The summed E-state index contributed by atoms with van der Waals surface area (Å²) in [6.45, 7) is 20.6. The summed E-state index contributed by atoms with van der Waals surface area (Å²) in [4.78, 5) is 37.3. The molecule has 18 nitrogen and oxygen atoms in total. The van der Waals surface area contributed by atoms with Gasteiger partial charge < -0.3 is 77.6 Å². The van der Waals surface area contributed by atoms with Crippen LogP contribution in [-0.2, 0) is 14.4 Å². The van der Waals surface area contributed by atoms with E-state index in [4.69, 9.17) is 0 Å². The first-order chi connectivity index (χ1) is 23.4. The molecule has 287 valence electrons. The molecule has 3 aliphatic heterocycles. The number of hydrogen-bond donors (Lipinski definition) is 9. The number of carbonyl (C=O) groups excluding carboxylic acids is 3. The Morgan fingerprint density at radius 3 is 0.612 bits per heavy atom. The predicted octanol–water partition coefficient (Wildman–Crippen LogP) is -9.54. The first-order valence-corrected chi connectivity index (χ1v) is 17.5. The van der Waals surface area contributed by atoms with Crippen LogP contribution in [0.25, 0.3) is 0 Å². The molecule has 0 saturated carbocycles. The molecule has 0 bridgehead atoms. The van der Waals surface area contributed by atoms with Gasteiger partial charge in [0.05, 0.1) is 17.9 Å². The van der Waals surface area contributed by atoms with Crippen molar-refractivity contribution in [1.82, 2.24) is 62.6 Å². The summed E-state index contributed by atoms with van der Waals surface area (Å²) in [6, 6.07) is 0. The molecule has 0 atom stereocenters. The molecule has 3 heterocycles. The molecule has 3 fully saturated rings. The Labute approximate surface area is 325 Å². The van der Waals surface area contributed by atoms with Crippen molar-refractivity contribution in [1.29, 1.82) is 0 Å². The standard InChI is InChI=1S/3C10H22N4O2.Gd/c3*15-10(16)9-14-7-5-12-3-1-11-2-4-13-6-8-14;/h3*11-13H,1-9H2,(H,15,16);/q;;;+3/p-3. The van der Waals surface area contributed by atoms with E-state index in [1.807, 2.05) is 14.7 Å². The Kier molecular flexibility index (Phi) is 35.1. The van der Waals surface area contributed by atoms with Gasteiger partial charge in [0.25, 0.3) is 0 Å². The molecule has 9 N–H and O–H groups in total. The summed E-state index contributed by atoms with van der Waals surface area (Å²) in [5.74, 6) is -3.02. The van der Waals surface area contributed by atoms with Crippen LogP contribution in [0, 0.1) is 39.9 Å². The quantitative estimate of drug-likeness (QED) is 0.121. The summed E-state index contributed by atoms with van der Waals surface area (Å²) in [6.07, 6.45) is 0. The van der Waals surface area contributed by atoms with Crippen molar-refractivity contribution in [3.63, 3.8) is 0 Å². The van der Waals surface area contributed by atoms with Crippen molar-refractivity contribution in [3.8, 4) is 0 Å². The van der Waals surface area contributed by atoms with E-state index in [0.29, 0.717) is 0 Å². The monoisotopic (exact) mass is 845 g/mol. The number of carboxylic acids is 3. The Bertz CT molecular complexity index is 675. The van der Waals surface area contributed by atoms with Crippen LogP contribution in [0.2, 0.25) is 0 Å². The van der Waals surface area contributed by atoms with Gasteiger partial charge in [0.2, 0.25) is 0 Å². The Balaban J connectivity index is 0.000000698. The maximum atomic E-state index is 10.5. The zero-order valence-electron chi connectivity index (χ0n) is 29.2. The van der Waals surface area contributed by atoms with Crippen molar-refractivity contribution < 1.29 is 69.6 Å². The summed E-state index contributed by atoms with van der Waals surface area (Å²) in [5.41, 5.74) is 0. The molecular weight excluding hydrogens is 782 g/mol. The van der Waals surface area contributed by atoms with E-state index in [-0.39, 0.29) is 59.6 Å². The number of carbonyl (C=O) groups is 3. The third kappa shape index (κ3) is 34.1. The van der Waals surface area contributed by atoms with Gasteiger partial charge in [-0.25, -0.2) is 0 Å². The van der Waals surface area contributed by atoms with E-state index >= 15 is 0 Å². The number of hydrogen-bond acceptors (Lipinski definition) is 18. The van der Waals surface area contributed by atoms with Crippen molar-refractivity contribution in [2.75, 3.05) is 177 Å². The van der Waals surface area contributed by atoms with Gasteiger partial charge in [-0.05, 0) is 0 Å². The van der Waals surface area contributed by atoms with Crippen LogP contribution in [0.1, 0.15) is 0 Å². The van der Waals surface area contributed by atoms with Crippen molar-refractivity contribution in [2.24, 2.45) is 0 Å². The fourth-order valence-corrected chi connectivity index (χ4v) is 4.97. The smallest absolute Gasteiger partial charge is 0.549 e. The minimum atomic E-state index is -1.01. The minimum absolute atomic E-state index is 0. The second-order valence-electron chi connectivity index (χ2n) is 11.7. The molecule has 0 aromatic carbocycles. The molecular formula is C30H63GdN12O6. The largest absolute Gasteiger partial charge is 3.00 e. The van der Waals surface area contributed by atoms with Crippen molar-refractivity contribution in [3.05, 3.63) is 0 Å². The second kappa shape index (κ2) is 35.6. The van der Waals surface area contributed by atoms with Gasteiger partial charge in [0.1, 0.15) is 0 Å². The van der Waals surface area contributed by atoms with Crippen LogP contribution >= 0.6 is 0 Å². The van der Waals surface area contributed by atoms with Crippen LogP contribution in [0.4, 0.5) is 0 Å². The molecule has 0 aromatic heterocycles. The van der Waals surface area contributed by atoms with Crippen molar-refractivity contribution >= 4 is 17.9 Å². The van der Waals surface area contributed by atoms with Crippen LogP contribution in [0.15, 0.2) is 0 Å². The number of rotatable bonds is 6. The fourth-order valence-electron chi connectivity index (χ4n) is 4.97. The molecule has 0 aromatic rings. The third-order valence-electron chi connectivity index (χ3n) is 7.56. The van der Waals surface area contributed by atoms with Gasteiger partial charge in [-0.2, -0.15) is 0 Å². The maximum Gasteiger partial charge on any atom is 3.00 e. The molecule has 0 amide bonds. The fraction of sp³-hybridized carbons (Fsp3) is 0.900. The van der Waals surface area contributed by atoms with Crippen LogP contribution in [-0.4, -0.2) is 209 Å². The normalized spacial score (nSPS) is 21.6. The maximum absolute atomic E-state index is 10.5. The number of aliphatic carboxylic acids is 3. The first kappa shape index (κ1) is 48.3. The summed E-state index contributed by atoms with van der Waals surface area (Å²) >= 11 is 0. The minimum Gasteiger partial charge on any atom is -0.549 e. The van der Waals surface area contributed by atoms with Gasteiger partial charge in [0.15, 0.2) is 0 Å². The average molecular weight is 845 g/mol. The third-order valence-corrected chi connectivity index (χ3v) is 7.56. The number of carboxylic acid groups (broad SMARTS) is 3. The summed E-state index contributed by atoms with van der Waals surface area (Å²) < 4.78 is 0. The Hall–Kier alpha value is -0.745. The molecule has 0 aliphatic carbocycles. The summed E-state index contributed by atoms with van der Waals surface area (Å²) in [5, 5.41) is 61.1. The van der Waals surface area contributed by atoms with E-state index in [0.717, 1.165) is 157 Å². The Morgan fingerprint density at radius 2 is 0.469 bits per heavy atom. The zero-order valence-corrected chi connectivity index (χ0v) is 31.5. The Morgan fingerprint density at radius 1 is 0.327 bits per heavy atom. The molecule has 49 heavy (non-hydrogen) atoms. The van der Waals surface area contributed by atoms with Gasteiger partial charge in [-0.15, -0.1) is 0 Å². The molecule has 0 unspecified atom stereocenters. The zero-order chi connectivity index (χ0) is 34.9. The molecule has 0 spiro atoms. The molecule has 1 radical (unpaired) electrons. The topological polar surface area (TPSA) is 238 Å². The van der Waals surface area contributed by atoms with Crippen LogP contribution in [0.3, 0.4) is 0 Å². The van der Waals surface area contributed by atoms with Crippen LogP contribution < -0.4 is 63.2 Å². The van der Waals surface area contributed by atoms with E-state index in [1.54, 1.807) is 0 Å². The van der Waals surface area contributed by atoms with E-state index in [1.165, 1.54) is 0 Å². The first-order valence-electron chi connectivity index (χ1n) is 17.5. The van der Waals surface area contributed by atoms with Gasteiger partial charge in [-0.3, -0.25) is 14.7 Å². The van der Waals surface area contributed by atoms with Crippen molar-refractivity contribution in [2.45, 2.75) is 0 Å². The number of nitrogens with zero attached hydrogens (tertiary/aromatic N) is 3. The second-order valence-corrected chi connectivity index (χ2v) is 11.7. The average Bonchev–Trinajstić information content (AvgIpc) is 3.01.